The quantitative estimate of drug-likeness (QED) is 0.877. The van der Waals surface area contributed by atoms with Gasteiger partial charge in [-0.1, -0.05) is 6.07 Å². The molecule has 21 heavy (non-hydrogen) atoms. The van der Waals surface area contributed by atoms with Gasteiger partial charge in [0.1, 0.15) is 0 Å². The molecule has 5 heteroatoms. The number of aliphatic hydroxyl groups excluding tert-OH is 1. The Labute approximate surface area is 123 Å². The van der Waals surface area contributed by atoms with Gasteiger partial charge in [-0.3, -0.25) is 4.79 Å². The van der Waals surface area contributed by atoms with Gasteiger partial charge in [-0.05, 0) is 36.8 Å². The smallest absolute Gasteiger partial charge is 0.251 e. The van der Waals surface area contributed by atoms with Gasteiger partial charge in [-0.25, -0.2) is 0 Å². The maximum Gasteiger partial charge on any atom is 0.251 e. The Morgan fingerprint density at radius 2 is 2.24 bits per heavy atom. The van der Waals surface area contributed by atoms with Crippen molar-refractivity contribution in [3.05, 3.63) is 59.4 Å². The normalized spacial score (nSPS) is 11.7. The van der Waals surface area contributed by atoms with Crippen molar-refractivity contribution in [1.82, 2.24) is 9.88 Å². The lowest BCUT2D eigenvalue weighted by Crippen LogP contribution is -2.26. The van der Waals surface area contributed by atoms with E-state index in [1.165, 1.54) is 0 Å². The first-order valence-corrected chi connectivity index (χ1v) is 6.69. The summed E-state index contributed by atoms with van der Waals surface area (Å²) in [5.74, 6) is -0.244. The first-order valence-electron chi connectivity index (χ1n) is 6.69. The number of carbonyl (C=O) groups is 1. The standard InChI is InChI=1S/C16H17N3O2/c1-19-9-3-6-14(19)15(20)7-8-18-16(21)13-5-2-4-12(10-13)11-17/h2-6,9-10,15,20H,7-8H2,1H3,(H,18,21). The number of hydrogen-bond donors (Lipinski definition) is 2. The molecule has 1 amide bonds. The molecule has 5 nitrogen and oxygen atoms in total. The summed E-state index contributed by atoms with van der Waals surface area (Å²) in [5, 5.41) is 21.6. The zero-order valence-electron chi connectivity index (χ0n) is 11.8. The van der Waals surface area contributed by atoms with E-state index in [9.17, 15) is 9.90 Å². The minimum atomic E-state index is -0.615. The van der Waals surface area contributed by atoms with Crippen molar-refractivity contribution in [2.75, 3.05) is 6.54 Å². The lowest BCUT2D eigenvalue weighted by Gasteiger charge is -2.12. The van der Waals surface area contributed by atoms with Crippen LogP contribution in [-0.4, -0.2) is 22.1 Å². The second-order valence-electron chi connectivity index (χ2n) is 4.80. The van der Waals surface area contributed by atoms with E-state index in [2.05, 4.69) is 5.32 Å². The second-order valence-corrected chi connectivity index (χ2v) is 4.80. The van der Waals surface area contributed by atoms with Crippen molar-refractivity contribution in [2.45, 2.75) is 12.5 Å². The Bertz CT molecular complexity index is 670. The number of nitrogens with one attached hydrogen (secondary N) is 1. The molecule has 0 spiro atoms. The van der Waals surface area contributed by atoms with E-state index in [-0.39, 0.29) is 5.91 Å². The largest absolute Gasteiger partial charge is 0.387 e. The van der Waals surface area contributed by atoms with Crippen LogP contribution in [0.15, 0.2) is 42.6 Å². The summed E-state index contributed by atoms with van der Waals surface area (Å²) >= 11 is 0. The number of hydrogen-bond acceptors (Lipinski definition) is 3. The summed E-state index contributed by atoms with van der Waals surface area (Å²) in [5.41, 5.74) is 1.71. The molecule has 2 N–H and O–H groups in total. The third kappa shape index (κ3) is 3.71. The average molecular weight is 283 g/mol. The van der Waals surface area contributed by atoms with E-state index in [1.807, 2.05) is 36.0 Å². The Morgan fingerprint density at radius 1 is 1.43 bits per heavy atom. The Balaban J connectivity index is 1.87. The van der Waals surface area contributed by atoms with Gasteiger partial charge >= 0.3 is 0 Å². The van der Waals surface area contributed by atoms with E-state index in [4.69, 9.17) is 5.26 Å². The van der Waals surface area contributed by atoms with Crippen LogP contribution in [0.25, 0.3) is 0 Å². The van der Waals surface area contributed by atoms with Gasteiger partial charge < -0.3 is 15.0 Å². The summed E-state index contributed by atoms with van der Waals surface area (Å²) in [4.78, 5) is 11.9. The molecule has 1 unspecified atom stereocenters. The third-order valence-electron chi connectivity index (χ3n) is 3.28. The molecular formula is C16H17N3O2. The van der Waals surface area contributed by atoms with Gasteiger partial charge in [0.05, 0.1) is 17.7 Å². The van der Waals surface area contributed by atoms with Crippen LogP contribution < -0.4 is 5.32 Å². The lowest BCUT2D eigenvalue weighted by atomic mass is 10.1. The summed E-state index contributed by atoms with van der Waals surface area (Å²) in [7, 11) is 1.87. The topological polar surface area (TPSA) is 78.0 Å². The van der Waals surface area contributed by atoms with Gasteiger partial charge in [0.2, 0.25) is 0 Å². The van der Waals surface area contributed by atoms with Crippen LogP contribution in [0.1, 0.15) is 34.1 Å². The van der Waals surface area contributed by atoms with Crippen LogP contribution >= 0.6 is 0 Å². The molecule has 1 atom stereocenters. The van der Waals surface area contributed by atoms with E-state index < -0.39 is 6.10 Å². The molecule has 0 bridgehead atoms. The monoisotopic (exact) mass is 283 g/mol. The highest BCUT2D eigenvalue weighted by Gasteiger charge is 2.11. The molecule has 0 fully saturated rings. The van der Waals surface area contributed by atoms with Crippen LogP contribution in [0.2, 0.25) is 0 Å². The molecule has 1 aromatic carbocycles. The number of benzene rings is 1. The minimum absolute atomic E-state index is 0.244. The Morgan fingerprint density at radius 3 is 2.90 bits per heavy atom. The SMILES string of the molecule is Cn1cccc1C(O)CCNC(=O)c1cccc(C#N)c1. The van der Waals surface area contributed by atoms with Crippen LogP contribution in [0.5, 0.6) is 0 Å². The van der Waals surface area contributed by atoms with Crippen molar-refractivity contribution in [2.24, 2.45) is 7.05 Å². The molecule has 1 heterocycles. The zero-order chi connectivity index (χ0) is 15.2. The highest BCUT2D eigenvalue weighted by atomic mass is 16.3. The molecule has 0 aliphatic carbocycles. The molecule has 0 saturated carbocycles. The molecule has 0 radical (unpaired) electrons. The first-order chi connectivity index (χ1) is 10.1. The van der Waals surface area contributed by atoms with Crippen LogP contribution in [-0.2, 0) is 7.05 Å². The molecule has 2 aromatic rings. The van der Waals surface area contributed by atoms with Crippen molar-refractivity contribution < 1.29 is 9.90 Å². The Hall–Kier alpha value is -2.58. The molecule has 0 saturated heterocycles. The first kappa shape index (κ1) is 14.8. The van der Waals surface area contributed by atoms with Crippen molar-refractivity contribution in [3.63, 3.8) is 0 Å². The third-order valence-corrected chi connectivity index (χ3v) is 3.28. The zero-order valence-corrected chi connectivity index (χ0v) is 11.8. The Kier molecular flexibility index (Phi) is 4.75. The molecule has 1 aromatic heterocycles. The molecule has 2 rings (SSSR count). The van der Waals surface area contributed by atoms with Gasteiger partial charge in [0.25, 0.3) is 5.91 Å². The number of nitriles is 1. The van der Waals surface area contributed by atoms with E-state index in [0.717, 1.165) is 5.69 Å². The molecule has 0 aliphatic heterocycles. The van der Waals surface area contributed by atoms with E-state index >= 15 is 0 Å². The summed E-state index contributed by atoms with van der Waals surface area (Å²) in [6, 6.07) is 12.2. The predicted molar refractivity (Wildman–Crippen MR) is 78.5 cm³/mol. The minimum Gasteiger partial charge on any atom is -0.387 e. The summed E-state index contributed by atoms with van der Waals surface area (Å²) in [6.45, 7) is 0.363. The molecular weight excluding hydrogens is 266 g/mol. The maximum atomic E-state index is 11.9. The fourth-order valence-electron chi connectivity index (χ4n) is 2.12. The number of nitrogens with zero attached hydrogens (tertiary/aromatic N) is 2. The number of aryl methyl sites for hydroxylation is 1. The molecule has 0 aliphatic rings. The van der Waals surface area contributed by atoms with Crippen LogP contribution in [0, 0.1) is 11.3 Å². The number of aliphatic hydroxyl groups is 1. The lowest BCUT2D eigenvalue weighted by molar-refractivity contribution is 0.0941. The number of aromatic nitrogens is 1. The highest BCUT2D eigenvalue weighted by molar-refractivity contribution is 5.94. The molecule has 108 valence electrons. The van der Waals surface area contributed by atoms with Crippen LogP contribution in [0.3, 0.4) is 0 Å². The predicted octanol–water partition coefficient (Wildman–Crippen LogP) is 1.75. The van der Waals surface area contributed by atoms with Crippen LogP contribution in [0.4, 0.5) is 0 Å². The number of carbonyl (C=O) groups excluding carboxylic acids is 1. The van der Waals surface area contributed by atoms with Gasteiger partial charge in [-0.2, -0.15) is 5.26 Å². The van der Waals surface area contributed by atoms with Gasteiger partial charge in [0, 0.05) is 31.0 Å². The summed E-state index contributed by atoms with van der Waals surface area (Å²) in [6.07, 6.45) is 1.68. The second kappa shape index (κ2) is 6.73. The van der Waals surface area contributed by atoms with E-state index in [1.54, 1.807) is 24.3 Å². The van der Waals surface area contributed by atoms with Gasteiger partial charge in [0.15, 0.2) is 0 Å². The average Bonchev–Trinajstić information content (AvgIpc) is 2.93. The fraction of sp³-hybridized carbons (Fsp3) is 0.250. The van der Waals surface area contributed by atoms with Crippen molar-refractivity contribution in [1.29, 1.82) is 5.26 Å². The van der Waals surface area contributed by atoms with E-state index in [0.29, 0.717) is 24.1 Å². The van der Waals surface area contributed by atoms with Gasteiger partial charge in [-0.15, -0.1) is 0 Å². The number of amides is 1. The number of rotatable bonds is 5. The summed E-state index contributed by atoms with van der Waals surface area (Å²) < 4.78 is 1.85. The van der Waals surface area contributed by atoms with Crippen molar-refractivity contribution in [3.8, 4) is 6.07 Å². The highest BCUT2D eigenvalue weighted by Crippen LogP contribution is 2.15. The van der Waals surface area contributed by atoms with Crippen molar-refractivity contribution >= 4 is 5.91 Å². The maximum absolute atomic E-state index is 11.9. The fourth-order valence-corrected chi connectivity index (χ4v) is 2.12.